The number of sulfone groups is 1. The number of rotatable bonds is 4. The van der Waals surface area contributed by atoms with Gasteiger partial charge in [0.1, 0.15) is 5.82 Å². The van der Waals surface area contributed by atoms with E-state index in [1.165, 1.54) is 12.1 Å². The van der Waals surface area contributed by atoms with Crippen LogP contribution in [0.25, 0.3) is 11.5 Å². The maximum Gasteiger partial charge on any atom is 0.236 e. The minimum Gasteiger partial charge on any atom is -0.419 e. The van der Waals surface area contributed by atoms with Crippen LogP contribution in [0.3, 0.4) is 0 Å². The second-order valence-electron chi connectivity index (χ2n) is 7.12. The normalized spacial score (nSPS) is 20.0. The molecule has 0 aliphatic carbocycles. The van der Waals surface area contributed by atoms with Crippen LogP contribution in [0, 0.1) is 5.82 Å². The van der Waals surface area contributed by atoms with Crippen LogP contribution in [0.15, 0.2) is 68.9 Å². The fourth-order valence-corrected chi connectivity index (χ4v) is 4.77. The Morgan fingerprint density at radius 2 is 1.62 bits per heavy atom. The average Bonchev–Trinajstić information content (AvgIpc) is 3.15. The zero-order valence-electron chi connectivity index (χ0n) is 16.1. The van der Waals surface area contributed by atoms with Crippen molar-refractivity contribution in [2.45, 2.75) is 36.0 Å². The van der Waals surface area contributed by atoms with Crippen molar-refractivity contribution in [2.24, 2.45) is 0 Å². The number of benzene rings is 2. The molecule has 0 radical (unpaired) electrons. The van der Waals surface area contributed by atoms with Crippen LogP contribution in [-0.2, 0) is 14.6 Å². The van der Waals surface area contributed by atoms with Crippen molar-refractivity contribution in [3.05, 3.63) is 60.4 Å². The van der Waals surface area contributed by atoms with E-state index in [-0.39, 0.29) is 33.9 Å². The monoisotopic (exact) mass is 416 g/mol. The first-order valence-electron chi connectivity index (χ1n) is 9.32. The van der Waals surface area contributed by atoms with Crippen LogP contribution in [-0.4, -0.2) is 38.7 Å². The Morgan fingerprint density at radius 3 is 2.24 bits per heavy atom. The van der Waals surface area contributed by atoms with E-state index in [9.17, 15) is 12.8 Å². The molecule has 0 unspecified atom stereocenters. The molecule has 8 heteroatoms. The number of anilines is 1. The molecule has 1 fully saturated rings. The zero-order chi connectivity index (χ0) is 20.6. The van der Waals surface area contributed by atoms with E-state index in [1.807, 2.05) is 36.9 Å². The van der Waals surface area contributed by atoms with E-state index in [1.54, 1.807) is 12.1 Å². The molecule has 29 heavy (non-hydrogen) atoms. The van der Waals surface area contributed by atoms with Gasteiger partial charge >= 0.3 is 0 Å². The van der Waals surface area contributed by atoms with Crippen molar-refractivity contribution in [1.82, 2.24) is 4.98 Å². The molecule has 6 nitrogen and oxygen atoms in total. The van der Waals surface area contributed by atoms with Crippen molar-refractivity contribution in [2.75, 3.05) is 18.0 Å². The summed E-state index contributed by atoms with van der Waals surface area (Å²) in [6.07, 6.45) is -0.184. The summed E-state index contributed by atoms with van der Waals surface area (Å²) in [5.74, 6) is -0.117. The molecule has 152 valence electrons. The number of nitrogens with zero attached hydrogens (tertiary/aromatic N) is 2. The van der Waals surface area contributed by atoms with Gasteiger partial charge in [0.15, 0.2) is 0 Å². The number of halogens is 1. The Morgan fingerprint density at radius 1 is 1.00 bits per heavy atom. The summed E-state index contributed by atoms with van der Waals surface area (Å²) in [5.41, 5.74) is 0.670. The highest BCUT2D eigenvalue weighted by Gasteiger charge is 2.34. The lowest BCUT2D eigenvalue weighted by molar-refractivity contribution is -0.00657. The maximum absolute atomic E-state index is 13.3. The molecular formula is C21H21FN2O4S. The van der Waals surface area contributed by atoms with Gasteiger partial charge in [-0.15, -0.1) is 0 Å². The summed E-state index contributed by atoms with van der Waals surface area (Å²) >= 11 is 0. The number of hydrogen-bond acceptors (Lipinski definition) is 6. The molecule has 0 N–H and O–H groups in total. The number of morpholine rings is 1. The highest BCUT2D eigenvalue weighted by molar-refractivity contribution is 7.91. The van der Waals surface area contributed by atoms with Gasteiger partial charge in [-0.25, -0.2) is 12.8 Å². The Bertz CT molecular complexity index is 1090. The van der Waals surface area contributed by atoms with E-state index >= 15 is 0 Å². The smallest absolute Gasteiger partial charge is 0.236 e. The Hall–Kier alpha value is -2.71. The Kier molecular flexibility index (Phi) is 5.14. The van der Waals surface area contributed by atoms with Gasteiger partial charge in [0.25, 0.3) is 0 Å². The Balaban J connectivity index is 1.85. The van der Waals surface area contributed by atoms with Crippen LogP contribution < -0.4 is 4.90 Å². The van der Waals surface area contributed by atoms with Crippen LogP contribution in [0.4, 0.5) is 10.3 Å². The first-order chi connectivity index (χ1) is 13.8. The first-order valence-corrected chi connectivity index (χ1v) is 10.8. The second-order valence-corrected chi connectivity index (χ2v) is 8.98. The summed E-state index contributed by atoms with van der Waals surface area (Å²) in [6.45, 7) is 4.79. The molecule has 1 aliphatic rings. The van der Waals surface area contributed by atoms with Crippen molar-refractivity contribution in [3.8, 4) is 11.5 Å². The molecule has 0 amide bonds. The topological polar surface area (TPSA) is 72.6 Å². The quantitative estimate of drug-likeness (QED) is 0.600. The predicted molar refractivity (Wildman–Crippen MR) is 106 cm³/mol. The lowest BCUT2D eigenvalue weighted by atomic mass is 10.2. The minimum absolute atomic E-state index is 0.0394. The standard InChI is InChI=1S/C21H21FN2O4S/c1-14-12-24(13-15(2)27-14)21-20(23-19(28-21)16-6-4-3-5-7-16)29(25,26)18-10-8-17(22)9-11-18/h3-11,14-15H,12-13H2,1-2H3/t14-,15-/m0/s1. The highest BCUT2D eigenvalue weighted by atomic mass is 32.2. The van der Waals surface area contributed by atoms with Gasteiger partial charge in [-0.05, 0) is 50.2 Å². The molecule has 1 saturated heterocycles. The van der Waals surface area contributed by atoms with E-state index in [4.69, 9.17) is 9.15 Å². The molecule has 3 aromatic rings. The highest BCUT2D eigenvalue weighted by Crippen LogP contribution is 2.35. The van der Waals surface area contributed by atoms with E-state index in [2.05, 4.69) is 4.98 Å². The Labute approximate surface area is 168 Å². The van der Waals surface area contributed by atoms with Crippen molar-refractivity contribution in [3.63, 3.8) is 0 Å². The van der Waals surface area contributed by atoms with Crippen LogP contribution >= 0.6 is 0 Å². The van der Waals surface area contributed by atoms with Crippen molar-refractivity contribution in [1.29, 1.82) is 0 Å². The molecule has 0 saturated carbocycles. The van der Waals surface area contributed by atoms with Gasteiger partial charge in [0.2, 0.25) is 26.6 Å². The predicted octanol–water partition coefficient (Wildman–Crippen LogP) is 3.93. The van der Waals surface area contributed by atoms with Crippen LogP contribution in [0.5, 0.6) is 0 Å². The third-order valence-electron chi connectivity index (χ3n) is 4.69. The minimum atomic E-state index is -4.01. The summed E-state index contributed by atoms with van der Waals surface area (Å²) in [6, 6.07) is 13.8. The van der Waals surface area contributed by atoms with Crippen molar-refractivity contribution >= 4 is 15.7 Å². The average molecular weight is 416 g/mol. The lowest BCUT2D eigenvalue weighted by Gasteiger charge is -2.35. The molecule has 2 heterocycles. The fourth-order valence-electron chi connectivity index (χ4n) is 3.45. The molecule has 1 aliphatic heterocycles. The molecular weight excluding hydrogens is 395 g/mol. The largest absolute Gasteiger partial charge is 0.419 e. The van der Waals surface area contributed by atoms with Gasteiger partial charge in [0, 0.05) is 18.7 Å². The SMILES string of the molecule is C[C@H]1CN(c2oc(-c3ccccc3)nc2S(=O)(=O)c2ccc(F)cc2)C[C@H](C)O1. The molecule has 1 aromatic heterocycles. The summed E-state index contributed by atoms with van der Waals surface area (Å²) in [7, 11) is -4.01. The number of ether oxygens (including phenoxy) is 1. The van der Waals surface area contributed by atoms with E-state index in [0.29, 0.717) is 18.7 Å². The maximum atomic E-state index is 13.3. The fraction of sp³-hybridized carbons (Fsp3) is 0.286. The third-order valence-corrected chi connectivity index (χ3v) is 6.35. The first kappa shape index (κ1) is 19.6. The third kappa shape index (κ3) is 3.90. The summed E-state index contributed by atoms with van der Waals surface area (Å²) in [5, 5.41) is -0.177. The molecule has 2 atom stereocenters. The van der Waals surface area contributed by atoms with Gasteiger partial charge in [-0.3, -0.25) is 0 Å². The lowest BCUT2D eigenvalue weighted by Crippen LogP contribution is -2.45. The number of hydrogen-bond donors (Lipinski definition) is 0. The zero-order valence-corrected chi connectivity index (χ0v) is 16.9. The van der Waals surface area contributed by atoms with Gasteiger partial charge in [-0.2, -0.15) is 4.98 Å². The van der Waals surface area contributed by atoms with Gasteiger partial charge in [0.05, 0.1) is 17.1 Å². The second kappa shape index (κ2) is 7.61. The van der Waals surface area contributed by atoms with Gasteiger partial charge < -0.3 is 14.1 Å². The van der Waals surface area contributed by atoms with E-state index < -0.39 is 15.7 Å². The summed E-state index contributed by atoms with van der Waals surface area (Å²) < 4.78 is 51.7. The number of oxazole rings is 1. The van der Waals surface area contributed by atoms with E-state index in [0.717, 1.165) is 12.1 Å². The molecule has 0 bridgehead atoms. The molecule has 2 aromatic carbocycles. The summed E-state index contributed by atoms with van der Waals surface area (Å²) in [4.78, 5) is 6.15. The van der Waals surface area contributed by atoms with Crippen LogP contribution in [0.2, 0.25) is 0 Å². The number of aromatic nitrogens is 1. The van der Waals surface area contributed by atoms with Crippen LogP contribution in [0.1, 0.15) is 13.8 Å². The molecule has 4 rings (SSSR count). The van der Waals surface area contributed by atoms with Crippen molar-refractivity contribution < 1.29 is 22.0 Å². The molecule has 0 spiro atoms. The van der Waals surface area contributed by atoms with Gasteiger partial charge in [-0.1, -0.05) is 18.2 Å².